The summed E-state index contributed by atoms with van der Waals surface area (Å²) in [7, 11) is 1.60. The van der Waals surface area contributed by atoms with Crippen LogP contribution in [-0.4, -0.2) is 24.6 Å². The largest absolute Gasteiger partial charge is 0.493 e. The number of nitrogens with zero attached hydrogens (tertiary/aromatic N) is 1. The molecule has 156 valence electrons. The third-order valence-corrected chi connectivity index (χ3v) is 5.91. The van der Waals surface area contributed by atoms with E-state index in [1.54, 1.807) is 24.5 Å². The molecule has 6 heteroatoms. The molecular weight excluding hydrogens is 396 g/mol. The second-order valence-corrected chi connectivity index (χ2v) is 7.77. The van der Waals surface area contributed by atoms with Gasteiger partial charge in [-0.05, 0) is 44.5 Å². The number of hydrogen-bond acceptors (Lipinski definition) is 5. The molecule has 3 rings (SSSR count). The van der Waals surface area contributed by atoms with Crippen molar-refractivity contribution < 1.29 is 14.3 Å². The minimum absolute atomic E-state index is 0.132. The van der Waals surface area contributed by atoms with Gasteiger partial charge in [0.05, 0.1) is 30.3 Å². The zero-order valence-corrected chi connectivity index (χ0v) is 18.5. The smallest absolute Gasteiger partial charge is 0.244 e. The molecule has 0 spiro atoms. The van der Waals surface area contributed by atoms with Crippen molar-refractivity contribution in [2.45, 2.75) is 26.8 Å². The maximum atomic E-state index is 12.4. The molecule has 1 heterocycles. The molecule has 1 unspecified atom stereocenters. The summed E-state index contributed by atoms with van der Waals surface area (Å²) in [6.45, 7) is 6.44. The summed E-state index contributed by atoms with van der Waals surface area (Å²) in [6.07, 6.45) is 3.29. The predicted molar refractivity (Wildman–Crippen MR) is 122 cm³/mol. The Balaban J connectivity index is 1.67. The molecule has 1 amide bonds. The van der Waals surface area contributed by atoms with Crippen LogP contribution in [-0.2, 0) is 4.79 Å². The molecule has 0 saturated heterocycles. The summed E-state index contributed by atoms with van der Waals surface area (Å²) in [5, 5.41) is 3.98. The number of thiazole rings is 1. The highest BCUT2D eigenvalue weighted by Gasteiger charge is 2.16. The number of aromatic nitrogens is 1. The lowest BCUT2D eigenvalue weighted by atomic mass is 10.2. The van der Waals surface area contributed by atoms with Gasteiger partial charge in [0.2, 0.25) is 5.91 Å². The third-order valence-electron chi connectivity index (χ3n) is 4.52. The average molecular weight is 423 g/mol. The number of nitrogens with one attached hydrogen (secondary N) is 1. The van der Waals surface area contributed by atoms with Gasteiger partial charge in [0, 0.05) is 11.6 Å². The molecule has 30 heavy (non-hydrogen) atoms. The van der Waals surface area contributed by atoms with Crippen LogP contribution in [0.2, 0.25) is 0 Å². The summed E-state index contributed by atoms with van der Waals surface area (Å²) in [5.41, 5.74) is 2.88. The number of methoxy groups -OCH3 is 1. The van der Waals surface area contributed by atoms with Gasteiger partial charge in [-0.1, -0.05) is 36.4 Å². The fourth-order valence-electron chi connectivity index (χ4n) is 3.08. The molecule has 2 aromatic carbocycles. The Morgan fingerprint density at radius 3 is 2.67 bits per heavy atom. The number of aryl methyl sites for hydroxylation is 1. The Morgan fingerprint density at radius 1 is 1.20 bits per heavy atom. The van der Waals surface area contributed by atoms with E-state index in [9.17, 15) is 4.79 Å². The average Bonchev–Trinajstić information content (AvgIpc) is 3.15. The minimum atomic E-state index is -0.163. The number of carbonyl (C=O) groups excluding carboxylic acids is 1. The fraction of sp³-hybridized carbons (Fsp3) is 0.250. The molecule has 0 aliphatic carbocycles. The van der Waals surface area contributed by atoms with Gasteiger partial charge in [0.25, 0.3) is 0 Å². The summed E-state index contributed by atoms with van der Waals surface area (Å²) >= 11 is 1.61. The molecule has 0 aliphatic rings. The van der Waals surface area contributed by atoms with Gasteiger partial charge in [0.15, 0.2) is 11.5 Å². The van der Waals surface area contributed by atoms with E-state index in [-0.39, 0.29) is 11.9 Å². The third kappa shape index (κ3) is 5.27. The van der Waals surface area contributed by atoms with Crippen molar-refractivity contribution in [2.75, 3.05) is 13.7 Å². The van der Waals surface area contributed by atoms with Gasteiger partial charge in [-0.15, -0.1) is 11.3 Å². The maximum Gasteiger partial charge on any atom is 0.244 e. The van der Waals surface area contributed by atoms with Gasteiger partial charge in [-0.25, -0.2) is 4.98 Å². The first-order valence-electron chi connectivity index (χ1n) is 9.84. The lowest BCUT2D eigenvalue weighted by Gasteiger charge is -2.11. The van der Waals surface area contributed by atoms with Gasteiger partial charge in [-0.2, -0.15) is 0 Å². The molecule has 0 aliphatic heterocycles. The molecule has 1 atom stereocenters. The lowest BCUT2D eigenvalue weighted by Crippen LogP contribution is -2.24. The van der Waals surface area contributed by atoms with E-state index in [0.29, 0.717) is 18.1 Å². The van der Waals surface area contributed by atoms with Crippen molar-refractivity contribution in [1.29, 1.82) is 0 Å². The van der Waals surface area contributed by atoms with E-state index in [1.165, 1.54) is 6.08 Å². The number of carbonyl (C=O) groups is 1. The number of amides is 1. The SMILES string of the molecule is CCOc1ccc(C=CC(=O)NC(C)c2sc(-c3ccccc3)nc2C)cc1OC. The summed E-state index contributed by atoms with van der Waals surface area (Å²) in [4.78, 5) is 18.2. The zero-order chi connectivity index (χ0) is 21.5. The topological polar surface area (TPSA) is 60.5 Å². The van der Waals surface area contributed by atoms with Crippen LogP contribution in [0.5, 0.6) is 11.5 Å². The highest BCUT2D eigenvalue weighted by molar-refractivity contribution is 7.15. The van der Waals surface area contributed by atoms with E-state index >= 15 is 0 Å². The van der Waals surface area contributed by atoms with Crippen LogP contribution in [0.15, 0.2) is 54.6 Å². The van der Waals surface area contributed by atoms with Crippen molar-refractivity contribution in [3.05, 3.63) is 70.7 Å². The summed E-state index contributed by atoms with van der Waals surface area (Å²) in [6, 6.07) is 15.5. The van der Waals surface area contributed by atoms with Crippen LogP contribution < -0.4 is 14.8 Å². The second-order valence-electron chi connectivity index (χ2n) is 6.74. The Bertz CT molecular complexity index is 1030. The van der Waals surface area contributed by atoms with Gasteiger partial charge < -0.3 is 14.8 Å². The van der Waals surface area contributed by atoms with Crippen LogP contribution in [0.25, 0.3) is 16.6 Å². The first-order chi connectivity index (χ1) is 14.5. The van der Waals surface area contributed by atoms with E-state index < -0.39 is 0 Å². The maximum absolute atomic E-state index is 12.4. The molecule has 1 N–H and O–H groups in total. The van der Waals surface area contributed by atoms with Crippen molar-refractivity contribution in [2.24, 2.45) is 0 Å². The van der Waals surface area contributed by atoms with E-state index in [1.807, 2.05) is 69.3 Å². The van der Waals surface area contributed by atoms with E-state index in [4.69, 9.17) is 9.47 Å². The van der Waals surface area contributed by atoms with E-state index in [0.717, 1.165) is 26.7 Å². The fourth-order valence-corrected chi connectivity index (χ4v) is 4.15. The van der Waals surface area contributed by atoms with Gasteiger partial charge in [-0.3, -0.25) is 4.79 Å². The molecule has 0 radical (unpaired) electrons. The van der Waals surface area contributed by atoms with Crippen LogP contribution in [0.3, 0.4) is 0 Å². The predicted octanol–water partition coefficient (Wildman–Crippen LogP) is 5.42. The first kappa shape index (κ1) is 21.6. The first-order valence-corrected chi connectivity index (χ1v) is 10.7. The Labute approximate surface area is 181 Å². The summed E-state index contributed by atoms with van der Waals surface area (Å²) in [5.74, 6) is 1.16. The van der Waals surface area contributed by atoms with Crippen molar-refractivity contribution in [3.63, 3.8) is 0 Å². The van der Waals surface area contributed by atoms with Gasteiger partial charge in [0.1, 0.15) is 5.01 Å². The molecule has 3 aromatic rings. The Hall–Kier alpha value is -3.12. The second kappa shape index (κ2) is 10.1. The zero-order valence-electron chi connectivity index (χ0n) is 17.6. The monoisotopic (exact) mass is 422 g/mol. The molecule has 0 saturated carbocycles. The highest BCUT2D eigenvalue weighted by Crippen LogP contribution is 2.32. The van der Waals surface area contributed by atoms with Crippen molar-refractivity contribution in [1.82, 2.24) is 10.3 Å². The van der Waals surface area contributed by atoms with E-state index in [2.05, 4.69) is 10.3 Å². The quantitative estimate of drug-likeness (QED) is 0.493. The highest BCUT2D eigenvalue weighted by atomic mass is 32.1. The van der Waals surface area contributed by atoms with Crippen LogP contribution >= 0.6 is 11.3 Å². The Morgan fingerprint density at radius 2 is 1.97 bits per heavy atom. The number of benzene rings is 2. The summed E-state index contributed by atoms with van der Waals surface area (Å²) < 4.78 is 10.9. The minimum Gasteiger partial charge on any atom is -0.493 e. The molecule has 1 aromatic heterocycles. The molecular formula is C24H26N2O3S. The molecule has 0 bridgehead atoms. The van der Waals surface area contributed by atoms with Gasteiger partial charge >= 0.3 is 0 Å². The number of ether oxygens (including phenoxy) is 2. The van der Waals surface area contributed by atoms with Crippen molar-refractivity contribution in [3.8, 4) is 22.1 Å². The van der Waals surface area contributed by atoms with Crippen LogP contribution in [0, 0.1) is 6.92 Å². The van der Waals surface area contributed by atoms with Crippen molar-refractivity contribution >= 4 is 23.3 Å². The molecule has 5 nitrogen and oxygen atoms in total. The standard InChI is InChI=1S/C24H26N2O3S/c1-5-29-20-13-11-18(15-21(20)28-4)12-14-22(27)25-16(2)23-17(3)26-24(30-23)19-9-7-6-8-10-19/h6-16H,5H2,1-4H3,(H,25,27). The number of hydrogen-bond donors (Lipinski definition) is 1. The normalized spacial score (nSPS) is 12.0. The van der Waals surface area contributed by atoms with Crippen LogP contribution in [0.1, 0.15) is 36.0 Å². The lowest BCUT2D eigenvalue weighted by molar-refractivity contribution is -0.117. The molecule has 0 fully saturated rings. The van der Waals surface area contributed by atoms with Crippen LogP contribution in [0.4, 0.5) is 0 Å². The Kier molecular flexibility index (Phi) is 7.25. The number of rotatable bonds is 8.